The molecule has 1 saturated carbocycles. The van der Waals surface area contributed by atoms with E-state index in [4.69, 9.17) is 4.74 Å². The number of nitrogens with zero attached hydrogens (tertiary/aromatic N) is 3. The van der Waals surface area contributed by atoms with Crippen molar-refractivity contribution in [1.29, 1.82) is 0 Å². The molecule has 1 heterocycles. The molecule has 0 unspecified atom stereocenters. The second kappa shape index (κ2) is 11.2. The summed E-state index contributed by atoms with van der Waals surface area (Å²) in [6.07, 6.45) is 6.01. The Kier molecular flexibility index (Phi) is 8.42. The first-order valence-corrected chi connectivity index (χ1v) is 11.8. The van der Waals surface area contributed by atoms with Gasteiger partial charge in [-0.3, -0.25) is 4.79 Å². The molecule has 0 spiro atoms. The van der Waals surface area contributed by atoms with Crippen molar-refractivity contribution in [3.63, 3.8) is 0 Å². The summed E-state index contributed by atoms with van der Waals surface area (Å²) in [5.74, 6) is 2.58. The first-order chi connectivity index (χ1) is 14.6. The number of anilines is 1. The van der Waals surface area contributed by atoms with E-state index < -0.39 is 0 Å². The quantitative estimate of drug-likeness (QED) is 0.547. The third-order valence-electron chi connectivity index (χ3n) is 5.24. The van der Waals surface area contributed by atoms with Crippen LogP contribution in [0, 0.1) is 5.92 Å². The number of methoxy groups -OCH3 is 1. The molecule has 30 heavy (non-hydrogen) atoms. The highest BCUT2D eigenvalue weighted by Crippen LogP contribution is 2.33. The monoisotopic (exact) mass is 431 g/mol. The lowest BCUT2D eigenvalue weighted by Crippen LogP contribution is -2.29. The van der Waals surface area contributed by atoms with E-state index in [9.17, 15) is 4.79 Å². The van der Waals surface area contributed by atoms with Gasteiger partial charge in [0.15, 0.2) is 11.0 Å². The lowest BCUT2D eigenvalue weighted by atomic mass is 9.95. The Morgan fingerprint density at radius 3 is 2.80 bits per heavy atom. The van der Waals surface area contributed by atoms with Crippen LogP contribution < -0.4 is 15.4 Å². The Hall–Kier alpha value is -2.22. The number of aromatic nitrogens is 3. The van der Waals surface area contributed by atoms with Crippen molar-refractivity contribution < 1.29 is 9.53 Å². The Morgan fingerprint density at radius 2 is 2.07 bits per heavy atom. The van der Waals surface area contributed by atoms with Crippen LogP contribution in [0.5, 0.6) is 5.75 Å². The summed E-state index contributed by atoms with van der Waals surface area (Å²) in [6.45, 7) is 5.46. The minimum atomic E-state index is 0.0444. The van der Waals surface area contributed by atoms with Gasteiger partial charge in [-0.15, -0.1) is 10.2 Å². The van der Waals surface area contributed by atoms with E-state index in [1.54, 1.807) is 7.11 Å². The second-order valence-electron chi connectivity index (χ2n) is 8.13. The molecule has 3 rings (SSSR count). The summed E-state index contributed by atoms with van der Waals surface area (Å²) in [5, 5.41) is 16.1. The van der Waals surface area contributed by atoms with Crippen LogP contribution >= 0.6 is 11.8 Å². The molecule has 2 aromatic rings. The summed E-state index contributed by atoms with van der Waals surface area (Å²) in [6, 6.07) is 8.27. The normalized spacial score (nSPS) is 14.7. The molecule has 1 aromatic heterocycles. The maximum atomic E-state index is 12.2. The van der Waals surface area contributed by atoms with Gasteiger partial charge in [0, 0.05) is 24.3 Å². The molecule has 1 amide bonds. The standard InChI is InChI=1S/C22H33N5O2S/c1-16(2)13-24-21(28)15-30-22-26-25-20(27(22)18-9-5-4-6-10-18)14-23-17-8-7-11-19(12-17)29-3/h7-8,11-12,16,18,23H,4-6,9-10,13-15H2,1-3H3,(H,24,28). The van der Waals surface area contributed by atoms with Crippen LogP contribution in [-0.4, -0.2) is 40.1 Å². The summed E-state index contributed by atoms with van der Waals surface area (Å²) < 4.78 is 7.56. The van der Waals surface area contributed by atoms with Crippen molar-refractivity contribution >= 4 is 23.4 Å². The Morgan fingerprint density at radius 1 is 1.27 bits per heavy atom. The summed E-state index contributed by atoms with van der Waals surface area (Å²) in [4.78, 5) is 12.2. The van der Waals surface area contributed by atoms with Crippen LogP contribution in [-0.2, 0) is 11.3 Å². The van der Waals surface area contributed by atoms with Crippen LogP contribution in [0.25, 0.3) is 0 Å². The smallest absolute Gasteiger partial charge is 0.230 e. The number of thioether (sulfide) groups is 1. The van der Waals surface area contributed by atoms with Gasteiger partial charge >= 0.3 is 0 Å². The van der Waals surface area contributed by atoms with Gasteiger partial charge in [0.05, 0.1) is 19.4 Å². The van der Waals surface area contributed by atoms with Gasteiger partial charge in [-0.2, -0.15) is 0 Å². The van der Waals surface area contributed by atoms with E-state index in [1.807, 2.05) is 24.3 Å². The Labute approximate surface area is 183 Å². The van der Waals surface area contributed by atoms with Crippen molar-refractivity contribution in [2.45, 2.75) is 63.7 Å². The zero-order valence-electron chi connectivity index (χ0n) is 18.2. The number of benzene rings is 1. The van der Waals surface area contributed by atoms with E-state index >= 15 is 0 Å². The molecule has 1 aromatic carbocycles. The predicted octanol–water partition coefficient (Wildman–Crippen LogP) is 4.27. The largest absolute Gasteiger partial charge is 0.497 e. The molecule has 0 saturated heterocycles. The van der Waals surface area contributed by atoms with Gasteiger partial charge in [-0.1, -0.05) is 50.9 Å². The molecule has 0 bridgehead atoms. The maximum Gasteiger partial charge on any atom is 0.230 e. The van der Waals surface area contributed by atoms with Gasteiger partial charge in [0.2, 0.25) is 5.91 Å². The van der Waals surface area contributed by atoms with E-state index in [-0.39, 0.29) is 5.91 Å². The molecule has 0 aliphatic heterocycles. The van der Waals surface area contributed by atoms with Crippen LogP contribution in [0.2, 0.25) is 0 Å². The molecule has 164 valence electrons. The molecule has 1 aliphatic carbocycles. The molecular formula is C22H33N5O2S. The van der Waals surface area contributed by atoms with Crippen LogP contribution in [0.15, 0.2) is 29.4 Å². The van der Waals surface area contributed by atoms with Crippen molar-refractivity contribution in [2.75, 3.05) is 24.7 Å². The van der Waals surface area contributed by atoms with Crippen LogP contribution in [0.1, 0.15) is 57.8 Å². The van der Waals surface area contributed by atoms with Crippen molar-refractivity contribution in [2.24, 2.45) is 5.92 Å². The lowest BCUT2D eigenvalue weighted by Gasteiger charge is -2.25. The SMILES string of the molecule is COc1cccc(NCc2nnc(SCC(=O)NCC(C)C)n2C2CCCCC2)c1. The average Bonchev–Trinajstić information content (AvgIpc) is 3.18. The number of hydrogen-bond donors (Lipinski definition) is 2. The van der Waals surface area contributed by atoms with Gasteiger partial charge in [0.25, 0.3) is 0 Å². The predicted molar refractivity (Wildman–Crippen MR) is 121 cm³/mol. The Balaban J connectivity index is 1.69. The van der Waals surface area contributed by atoms with E-state index in [0.29, 0.717) is 30.8 Å². The molecule has 0 atom stereocenters. The number of ether oxygens (including phenoxy) is 1. The van der Waals surface area contributed by atoms with Crippen LogP contribution in [0.3, 0.4) is 0 Å². The summed E-state index contributed by atoms with van der Waals surface area (Å²) in [5.41, 5.74) is 0.981. The number of hydrogen-bond acceptors (Lipinski definition) is 6. The minimum Gasteiger partial charge on any atom is -0.497 e. The summed E-state index contributed by atoms with van der Waals surface area (Å²) in [7, 11) is 1.67. The molecule has 0 radical (unpaired) electrons. The van der Waals surface area contributed by atoms with Gasteiger partial charge in [-0.05, 0) is 30.9 Å². The van der Waals surface area contributed by atoms with Crippen molar-refractivity contribution in [1.82, 2.24) is 20.1 Å². The fourth-order valence-corrected chi connectivity index (χ4v) is 4.50. The van der Waals surface area contributed by atoms with Crippen LogP contribution in [0.4, 0.5) is 5.69 Å². The molecule has 2 N–H and O–H groups in total. The minimum absolute atomic E-state index is 0.0444. The Bertz CT molecular complexity index is 818. The molecule has 1 fully saturated rings. The van der Waals surface area contributed by atoms with Crippen molar-refractivity contribution in [3.05, 3.63) is 30.1 Å². The summed E-state index contributed by atoms with van der Waals surface area (Å²) >= 11 is 1.48. The molecular weight excluding hydrogens is 398 g/mol. The van der Waals surface area contributed by atoms with E-state index in [1.165, 1.54) is 31.0 Å². The maximum absolute atomic E-state index is 12.2. The van der Waals surface area contributed by atoms with Crippen molar-refractivity contribution in [3.8, 4) is 5.75 Å². The number of nitrogens with one attached hydrogen (secondary N) is 2. The fourth-order valence-electron chi connectivity index (χ4n) is 3.65. The van der Waals surface area contributed by atoms with E-state index in [2.05, 4.69) is 39.2 Å². The number of carbonyl (C=O) groups is 1. The topological polar surface area (TPSA) is 81.1 Å². The average molecular weight is 432 g/mol. The van der Waals surface area contributed by atoms with Gasteiger partial charge in [0.1, 0.15) is 5.75 Å². The highest BCUT2D eigenvalue weighted by Gasteiger charge is 2.23. The molecule has 1 aliphatic rings. The second-order valence-corrected chi connectivity index (χ2v) is 9.08. The highest BCUT2D eigenvalue weighted by molar-refractivity contribution is 7.99. The third-order valence-corrected chi connectivity index (χ3v) is 6.18. The number of carbonyl (C=O) groups excluding carboxylic acids is 1. The van der Waals surface area contributed by atoms with E-state index in [0.717, 1.165) is 35.3 Å². The third kappa shape index (κ3) is 6.39. The first-order valence-electron chi connectivity index (χ1n) is 10.8. The van der Waals surface area contributed by atoms with Gasteiger partial charge < -0.3 is 19.9 Å². The lowest BCUT2D eigenvalue weighted by molar-refractivity contribution is -0.118. The first kappa shape index (κ1) is 22.5. The number of amides is 1. The fraction of sp³-hybridized carbons (Fsp3) is 0.591. The molecule has 7 nitrogen and oxygen atoms in total. The zero-order valence-corrected chi connectivity index (χ0v) is 19.0. The highest BCUT2D eigenvalue weighted by atomic mass is 32.2. The number of rotatable bonds is 10. The van der Waals surface area contributed by atoms with Gasteiger partial charge in [-0.25, -0.2) is 0 Å². The molecule has 8 heteroatoms. The zero-order chi connectivity index (χ0) is 21.3.